The van der Waals surface area contributed by atoms with Crippen molar-refractivity contribution in [1.29, 1.82) is 0 Å². The first-order valence-corrected chi connectivity index (χ1v) is 11.0. The molecule has 3 aromatic rings. The number of nitrogens with zero attached hydrogens (tertiary/aromatic N) is 3. The normalized spacial score (nSPS) is 15.5. The molecule has 1 saturated heterocycles. The van der Waals surface area contributed by atoms with Gasteiger partial charge in [-0.05, 0) is 55.2 Å². The fraction of sp³-hybridized carbons (Fsp3) is 0.286. The van der Waals surface area contributed by atoms with Crippen LogP contribution in [0, 0.1) is 5.92 Å². The van der Waals surface area contributed by atoms with Gasteiger partial charge >= 0.3 is 0 Å². The summed E-state index contributed by atoms with van der Waals surface area (Å²) in [6, 6.07) is 17.0. The van der Waals surface area contributed by atoms with E-state index in [2.05, 4.69) is 21.6 Å². The maximum Gasteiger partial charge on any atom is 0.265 e. The molecule has 1 fully saturated rings. The van der Waals surface area contributed by atoms with Crippen LogP contribution in [0.1, 0.15) is 19.8 Å². The second-order valence-corrected chi connectivity index (χ2v) is 8.96. The fourth-order valence-corrected chi connectivity index (χ4v) is 4.38. The first-order valence-electron chi connectivity index (χ1n) is 9.49. The lowest BCUT2D eigenvalue weighted by molar-refractivity contribution is 0.438. The van der Waals surface area contributed by atoms with E-state index >= 15 is 0 Å². The van der Waals surface area contributed by atoms with Crippen LogP contribution in [0.2, 0.25) is 0 Å². The van der Waals surface area contributed by atoms with Crippen LogP contribution in [0.15, 0.2) is 71.9 Å². The quantitative estimate of drug-likeness (QED) is 0.710. The average molecular weight is 397 g/mol. The van der Waals surface area contributed by atoms with E-state index in [4.69, 9.17) is 0 Å². The van der Waals surface area contributed by atoms with E-state index in [1.165, 1.54) is 25.2 Å². The Morgan fingerprint density at radius 1 is 0.964 bits per heavy atom. The van der Waals surface area contributed by atoms with Gasteiger partial charge in [0.1, 0.15) is 4.90 Å². The molecule has 1 aliphatic rings. The summed E-state index contributed by atoms with van der Waals surface area (Å²) in [6.07, 6.45) is 5.26. The van der Waals surface area contributed by atoms with Crippen molar-refractivity contribution in [3.63, 3.8) is 0 Å². The minimum Gasteiger partial charge on any atom is -0.372 e. The standard InChI is InChI=1S/C21H24N4O2S/c1-17-11-13-24(14-12-17)19-9-7-18(8-10-19)23-28(26,27)21-15-22-25(16-21)20-5-3-2-4-6-20/h2-10,15-17,23H,11-14H2,1H3. The molecule has 1 aromatic heterocycles. The van der Waals surface area contributed by atoms with Gasteiger partial charge in [-0.1, -0.05) is 25.1 Å². The zero-order valence-electron chi connectivity index (χ0n) is 15.8. The Hall–Kier alpha value is -2.80. The first-order chi connectivity index (χ1) is 13.5. The Morgan fingerprint density at radius 2 is 1.64 bits per heavy atom. The van der Waals surface area contributed by atoms with E-state index in [0.29, 0.717) is 5.69 Å². The topological polar surface area (TPSA) is 67.2 Å². The van der Waals surface area contributed by atoms with Crippen LogP contribution in [0.4, 0.5) is 11.4 Å². The molecular formula is C21H24N4O2S. The summed E-state index contributed by atoms with van der Waals surface area (Å²) in [6.45, 7) is 4.38. The summed E-state index contributed by atoms with van der Waals surface area (Å²) in [7, 11) is -3.69. The number of anilines is 2. The molecule has 1 aliphatic heterocycles. The maximum atomic E-state index is 12.7. The third-order valence-electron chi connectivity index (χ3n) is 5.16. The molecule has 6 nitrogen and oxygen atoms in total. The third-order valence-corrected chi connectivity index (χ3v) is 6.49. The highest BCUT2D eigenvalue weighted by atomic mass is 32.2. The lowest BCUT2D eigenvalue weighted by Crippen LogP contribution is -2.32. The molecule has 0 amide bonds. The molecule has 4 rings (SSSR count). The molecule has 7 heteroatoms. The zero-order valence-corrected chi connectivity index (χ0v) is 16.6. The van der Waals surface area contributed by atoms with Crippen molar-refractivity contribution in [1.82, 2.24) is 9.78 Å². The Morgan fingerprint density at radius 3 is 2.32 bits per heavy atom. The van der Waals surface area contributed by atoms with Gasteiger partial charge in [-0.25, -0.2) is 13.1 Å². The summed E-state index contributed by atoms with van der Waals surface area (Å²) in [5.41, 5.74) is 2.48. The van der Waals surface area contributed by atoms with Crippen LogP contribution in [0.25, 0.3) is 5.69 Å². The van der Waals surface area contributed by atoms with Crippen LogP contribution in [-0.4, -0.2) is 31.3 Å². The number of nitrogens with one attached hydrogen (secondary N) is 1. The molecule has 0 atom stereocenters. The van der Waals surface area contributed by atoms with Gasteiger partial charge in [0.05, 0.1) is 18.1 Å². The largest absolute Gasteiger partial charge is 0.372 e. The highest BCUT2D eigenvalue weighted by molar-refractivity contribution is 7.92. The third kappa shape index (κ3) is 4.04. The van der Waals surface area contributed by atoms with E-state index in [-0.39, 0.29) is 4.90 Å². The van der Waals surface area contributed by atoms with Crippen molar-refractivity contribution >= 4 is 21.4 Å². The van der Waals surface area contributed by atoms with Crippen molar-refractivity contribution in [2.24, 2.45) is 5.92 Å². The van der Waals surface area contributed by atoms with Gasteiger partial charge in [0.25, 0.3) is 10.0 Å². The molecule has 0 radical (unpaired) electrons. The average Bonchev–Trinajstić information content (AvgIpc) is 3.21. The predicted molar refractivity (Wildman–Crippen MR) is 111 cm³/mol. The van der Waals surface area contributed by atoms with Gasteiger partial charge in [-0.3, -0.25) is 4.72 Å². The van der Waals surface area contributed by atoms with E-state index in [1.54, 1.807) is 4.68 Å². The second kappa shape index (κ2) is 7.67. The van der Waals surface area contributed by atoms with Crippen molar-refractivity contribution < 1.29 is 8.42 Å². The Kier molecular flexibility index (Phi) is 5.09. The maximum absolute atomic E-state index is 12.7. The number of rotatable bonds is 5. The van der Waals surface area contributed by atoms with Gasteiger partial charge in [-0.2, -0.15) is 5.10 Å². The molecule has 2 aromatic carbocycles. The number of hydrogen-bond acceptors (Lipinski definition) is 4. The molecule has 0 spiro atoms. The van der Waals surface area contributed by atoms with Gasteiger partial charge in [0.2, 0.25) is 0 Å². The van der Waals surface area contributed by atoms with Crippen LogP contribution in [0.3, 0.4) is 0 Å². The van der Waals surface area contributed by atoms with Crippen LogP contribution < -0.4 is 9.62 Å². The summed E-state index contributed by atoms with van der Waals surface area (Å²) in [4.78, 5) is 2.48. The second-order valence-electron chi connectivity index (χ2n) is 7.28. The zero-order chi connectivity index (χ0) is 19.6. The Balaban J connectivity index is 1.47. The molecule has 0 aliphatic carbocycles. The Labute approximate surface area is 165 Å². The monoisotopic (exact) mass is 396 g/mol. The van der Waals surface area contributed by atoms with Crippen LogP contribution in [-0.2, 0) is 10.0 Å². The summed E-state index contributed by atoms with van der Waals surface area (Å²) < 4.78 is 29.6. The number of aromatic nitrogens is 2. The molecular weight excluding hydrogens is 372 g/mol. The summed E-state index contributed by atoms with van der Waals surface area (Å²) in [5.74, 6) is 0.777. The highest BCUT2D eigenvalue weighted by Crippen LogP contribution is 2.25. The van der Waals surface area contributed by atoms with E-state index in [9.17, 15) is 8.42 Å². The lowest BCUT2D eigenvalue weighted by atomic mass is 9.99. The fourth-order valence-electron chi connectivity index (χ4n) is 3.39. The number of sulfonamides is 1. The molecule has 146 valence electrons. The van der Waals surface area contributed by atoms with Crippen LogP contribution in [0.5, 0.6) is 0 Å². The van der Waals surface area contributed by atoms with Crippen molar-refractivity contribution in [3.8, 4) is 5.69 Å². The van der Waals surface area contributed by atoms with E-state index < -0.39 is 10.0 Å². The van der Waals surface area contributed by atoms with E-state index in [0.717, 1.165) is 30.4 Å². The number of para-hydroxylation sites is 1. The predicted octanol–water partition coefficient (Wildman–Crippen LogP) is 3.91. The molecule has 2 heterocycles. The molecule has 0 saturated carbocycles. The minimum absolute atomic E-state index is 0.130. The number of hydrogen-bond donors (Lipinski definition) is 1. The lowest BCUT2D eigenvalue weighted by Gasteiger charge is -2.32. The number of piperidine rings is 1. The molecule has 28 heavy (non-hydrogen) atoms. The van der Waals surface area contributed by atoms with Crippen molar-refractivity contribution in [2.45, 2.75) is 24.7 Å². The van der Waals surface area contributed by atoms with Crippen molar-refractivity contribution in [3.05, 3.63) is 67.0 Å². The number of benzene rings is 2. The summed E-state index contributed by atoms with van der Waals surface area (Å²) in [5, 5.41) is 4.17. The summed E-state index contributed by atoms with van der Waals surface area (Å²) >= 11 is 0. The smallest absolute Gasteiger partial charge is 0.265 e. The van der Waals surface area contributed by atoms with Crippen LogP contribution >= 0.6 is 0 Å². The van der Waals surface area contributed by atoms with Gasteiger partial charge < -0.3 is 4.90 Å². The molecule has 0 bridgehead atoms. The van der Waals surface area contributed by atoms with Gasteiger partial charge in [0, 0.05) is 24.5 Å². The minimum atomic E-state index is -3.69. The van der Waals surface area contributed by atoms with Crippen molar-refractivity contribution in [2.75, 3.05) is 22.7 Å². The van der Waals surface area contributed by atoms with E-state index in [1.807, 2.05) is 54.6 Å². The van der Waals surface area contributed by atoms with Gasteiger partial charge in [-0.15, -0.1) is 0 Å². The van der Waals surface area contributed by atoms with Gasteiger partial charge in [0.15, 0.2) is 0 Å². The highest BCUT2D eigenvalue weighted by Gasteiger charge is 2.18. The first kappa shape index (κ1) is 18.6. The Bertz CT molecular complexity index is 1020. The SMILES string of the molecule is CC1CCN(c2ccc(NS(=O)(=O)c3cnn(-c4ccccc4)c3)cc2)CC1. The molecule has 0 unspecified atom stereocenters. The molecule has 1 N–H and O–H groups in total.